The van der Waals surface area contributed by atoms with Crippen LogP contribution in [0.25, 0.3) is 0 Å². The van der Waals surface area contributed by atoms with Crippen molar-refractivity contribution in [3.8, 4) is 5.75 Å². The standard InChI is InChI=1S/C21H28N4O2/c1-24-12-9-19(10-13-24)23-21(26)25(15-17-6-5-11-22-14-17)16-18-7-3-4-8-20(18)27-2/h3-8,11,14,19H,9-10,12-13,15-16H2,1-2H3,(H,23,26). The molecule has 1 aliphatic heterocycles. The third-order valence-electron chi connectivity index (χ3n) is 4.98. The molecule has 1 N–H and O–H groups in total. The first-order valence-electron chi connectivity index (χ1n) is 9.40. The molecule has 1 saturated heterocycles. The van der Waals surface area contributed by atoms with Crippen LogP contribution in [0.4, 0.5) is 4.79 Å². The number of urea groups is 1. The maximum Gasteiger partial charge on any atom is 0.318 e. The largest absolute Gasteiger partial charge is 0.496 e. The summed E-state index contributed by atoms with van der Waals surface area (Å²) < 4.78 is 5.46. The van der Waals surface area contributed by atoms with Gasteiger partial charge >= 0.3 is 6.03 Å². The molecule has 0 atom stereocenters. The normalized spacial score (nSPS) is 15.3. The van der Waals surface area contributed by atoms with E-state index in [1.807, 2.05) is 41.3 Å². The highest BCUT2D eigenvalue weighted by atomic mass is 16.5. The fraction of sp³-hybridized carbons (Fsp3) is 0.429. The number of aromatic nitrogens is 1. The summed E-state index contributed by atoms with van der Waals surface area (Å²) in [5, 5.41) is 3.22. The maximum absolute atomic E-state index is 13.0. The number of piperidine rings is 1. The second-order valence-corrected chi connectivity index (χ2v) is 7.06. The fourth-order valence-corrected chi connectivity index (χ4v) is 3.37. The van der Waals surface area contributed by atoms with Crippen molar-refractivity contribution in [1.29, 1.82) is 0 Å². The number of rotatable bonds is 6. The zero-order chi connectivity index (χ0) is 19.1. The minimum atomic E-state index is -0.0423. The molecule has 0 spiro atoms. The predicted octanol–water partition coefficient (Wildman–Crippen LogP) is 2.90. The van der Waals surface area contributed by atoms with E-state index in [1.54, 1.807) is 19.5 Å². The topological polar surface area (TPSA) is 57.7 Å². The van der Waals surface area contributed by atoms with Crippen LogP contribution in [-0.4, -0.2) is 54.1 Å². The summed E-state index contributed by atoms with van der Waals surface area (Å²) >= 11 is 0. The second kappa shape index (κ2) is 9.37. The Balaban J connectivity index is 1.73. The number of hydrogen-bond acceptors (Lipinski definition) is 4. The molecule has 0 radical (unpaired) electrons. The van der Waals surface area contributed by atoms with Gasteiger partial charge in [-0.25, -0.2) is 4.79 Å². The fourth-order valence-electron chi connectivity index (χ4n) is 3.37. The highest BCUT2D eigenvalue weighted by Crippen LogP contribution is 2.21. The van der Waals surface area contributed by atoms with Crippen LogP contribution in [0.5, 0.6) is 5.75 Å². The zero-order valence-electron chi connectivity index (χ0n) is 16.1. The van der Waals surface area contributed by atoms with Crippen molar-refractivity contribution in [3.63, 3.8) is 0 Å². The number of pyridine rings is 1. The van der Waals surface area contributed by atoms with Crippen molar-refractivity contribution in [1.82, 2.24) is 20.1 Å². The Bertz CT molecular complexity index is 730. The Kier molecular flexibility index (Phi) is 6.65. The predicted molar refractivity (Wildman–Crippen MR) is 106 cm³/mol. The van der Waals surface area contributed by atoms with E-state index in [-0.39, 0.29) is 12.1 Å². The molecule has 6 nitrogen and oxygen atoms in total. The van der Waals surface area contributed by atoms with Crippen LogP contribution in [0.15, 0.2) is 48.8 Å². The number of nitrogens with one attached hydrogen (secondary N) is 1. The van der Waals surface area contributed by atoms with Gasteiger partial charge < -0.3 is 19.9 Å². The van der Waals surface area contributed by atoms with Crippen LogP contribution in [0.2, 0.25) is 0 Å². The molecular weight excluding hydrogens is 340 g/mol. The molecule has 2 amide bonds. The van der Waals surface area contributed by atoms with Crippen molar-refractivity contribution in [3.05, 3.63) is 59.9 Å². The van der Waals surface area contributed by atoms with Gasteiger partial charge in [-0.3, -0.25) is 4.98 Å². The quantitative estimate of drug-likeness (QED) is 0.852. The lowest BCUT2D eigenvalue weighted by Gasteiger charge is -2.32. The van der Waals surface area contributed by atoms with Crippen LogP contribution in [0.3, 0.4) is 0 Å². The summed E-state index contributed by atoms with van der Waals surface area (Å²) in [6.45, 7) is 3.02. The maximum atomic E-state index is 13.0. The number of carbonyl (C=O) groups excluding carboxylic acids is 1. The van der Waals surface area contributed by atoms with Gasteiger partial charge in [0.15, 0.2) is 0 Å². The Morgan fingerprint density at radius 1 is 1.22 bits per heavy atom. The van der Waals surface area contributed by atoms with Crippen molar-refractivity contribution in [2.24, 2.45) is 0 Å². The monoisotopic (exact) mass is 368 g/mol. The van der Waals surface area contributed by atoms with Gasteiger partial charge in [0, 0.05) is 30.5 Å². The van der Waals surface area contributed by atoms with E-state index >= 15 is 0 Å². The number of hydrogen-bond donors (Lipinski definition) is 1. The van der Waals surface area contributed by atoms with Crippen LogP contribution < -0.4 is 10.1 Å². The smallest absolute Gasteiger partial charge is 0.318 e. The Labute approximate surface area is 161 Å². The van der Waals surface area contributed by atoms with Crippen molar-refractivity contribution >= 4 is 6.03 Å². The van der Waals surface area contributed by atoms with Crippen LogP contribution in [0, 0.1) is 0 Å². The second-order valence-electron chi connectivity index (χ2n) is 7.06. The highest BCUT2D eigenvalue weighted by Gasteiger charge is 2.22. The van der Waals surface area contributed by atoms with E-state index in [4.69, 9.17) is 4.74 Å². The number of likely N-dealkylation sites (tertiary alicyclic amines) is 1. The summed E-state index contributed by atoms with van der Waals surface area (Å²) in [4.78, 5) is 21.3. The molecule has 0 saturated carbocycles. The average molecular weight is 368 g/mol. The molecule has 0 unspecified atom stereocenters. The molecular formula is C21H28N4O2. The average Bonchev–Trinajstić information content (AvgIpc) is 2.70. The van der Waals surface area contributed by atoms with E-state index in [9.17, 15) is 4.79 Å². The van der Waals surface area contributed by atoms with E-state index in [0.717, 1.165) is 42.8 Å². The van der Waals surface area contributed by atoms with Crippen molar-refractivity contribution in [2.75, 3.05) is 27.2 Å². The molecule has 0 bridgehead atoms. The summed E-state index contributed by atoms with van der Waals surface area (Å²) in [5.41, 5.74) is 1.99. The summed E-state index contributed by atoms with van der Waals surface area (Å²) in [7, 11) is 3.78. The number of amides is 2. The molecule has 2 heterocycles. The van der Waals surface area contributed by atoms with Gasteiger partial charge in [0.1, 0.15) is 5.75 Å². The number of benzene rings is 1. The van der Waals surface area contributed by atoms with Crippen molar-refractivity contribution in [2.45, 2.75) is 32.0 Å². The molecule has 1 aromatic heterocycles. The van der Waals surface area contributed by atoms with Crippen LogP contribution >= 0.6 is 0 Å². The molecule has 3 rings (SSSR count). The number of ether oxygens (including phenoxy) is 1. The number of methoxy groups -OCH3 is 1. The van der Waals surface area contributed by atoms with Crippen LogP contribution in [-0.2, 0) is 13.1 Å². The molecule has 1 aromatic carbocycles. The first-order valence-corrected chi connectivity index (χ1v) is 9.40. The van der Waals surface area contributed by atoms with Gasteiger partial charge in [-0.1, -0.05) is 24.3 Å². The summed E-state index contributed by atoms with van der Waals surface area (Å²) in [5.74, 6) is 0.792. The zero-order valence-corrected chi connectivity index (χ0v) is 16.1. The lowest BCUT2D eigenvalue weighted by molar-refractivity contribution is 0.175. The first-order chi connectivity index (χ1) is 13.2. The lowest BCUT2D eigenvalue weighted by atomic mass is 10.1. The Morgan fingerprint density at radius 2 is 2.00 bits per heavy atom. The van der Waals surface area contributed by atoms with E-state index in [0.29, 0.717) is 13.1 Å². The third kappa shape index (κ3) is 5.44. The molecule has 27 heavy (non-hydrogen) atoms. The Hall–Kier alpha value is -2.60. The number of nitrogens with zero attached hydrogens (tertiary/aromatic N) is 3. The lowest BCUT2D eigenvalue weighted by Crippen LogP contribution is -2.48. The molecule has 0 aliphatic carbocycles. The number of carbonyl (C=O) groups is 1. The van der Waals surface area contributed by atoms with Gasteiger partial charge in [-0.05, 0) is 50.7 Å². The van der Waals surface area contributed by atoms with E-state index in [1.165, 1.54) is 0 Å². The van der Waals surface area contributed by atoms with E-state index in [2.05, 4.69) is 22.2 Å². The molecule has 1 fully saturated rings. The first kappa shape index (κ1) is 19.2. The molecule has 2 aromatic rings. The van der Waals surface area contributed by atoms with Gasteiger partial charge in [-0.15, -0.1) is 0 Å². The van der Waals surface area contributed by atoms with Gasteiger partial charge in [-0.2, -0.15) is 0 Å². The van der Waals surface area contributed by atoms with Gasteiger partial charge in [0.05, 0.1) is 13.7 Å². The number of para-hydroxylation sites is 1. The summed E-state index contributed by atoms with van der Waals surface area (Å²) in [6, 6.07) is 11.9. The highest BCUT2D eigenvalue weighted by molar-refractivity contribution is 5.74. The molecule has 1 aliphatic rings. The van der Waals surface area contributed by atoms with E-state index < -0.39 is 0 Å². The Morgan fingerprint density at radius 3 is 2.70 bits per heavy atom. The summed E-state index contributed by atoms with van der Waals surface area (Å²) in [6.07, 6.45) is 5.51. The van der Waals surface area contributed by atoms with Crippen molar-refractivity contribution < 1.29 is 9.53 Å². The third-order valence-corrected chi connectivity index (χ3v) is 4.98. The van der Waals surface area contributed by atoms with Gasteiger partial charge in [0.2, 0.25) is 0 Å². The van der Waals surface area contributed by atoms with Crippen LogP contribution in [0.1, 0.15) is 24.0 Å². The minimum absolute atomic E-state index is 0.0423. The molecule has 6 heteroatoms. The SMILES string of the molecule is COc1ccccc1CN(Cc1cccnc1)C(=O)NC1CCN(C)CC1. The minimum Gasteiger partial charge on any atom is -0.496 e. The van der Waals surface area contributed by atoms with Gasteiger partial charge in [0.25, 0.3) is 0 Å². The molecule has 144 valence electrons.